The monoisotopic (exact) mass is 344 g/mol. The van der Waals surface area contributed by atoms with E-state index < -0.39 is 0 Å². The molecule has 0 aliphatic carbocycles. The first-order valence-corrected chi connectivity index (χ1v) is 8.29. The molecule has 22 heavy (non-hydrogen) atoms. The molecule has 1 amide bonds. The van der Waals surface area contributed by atoms with Crippen LogP contribution in [0.5, 0.6) is 0 Å². The second-order valence-corrected chi connectivity index (χ2v) is 6.62. The minimum Gasteiger partial charge on any atom is -0.371 e. The van der Waals surface area contributed by atoms with Crippen LogP contribution in [0.4, 0.5) is 0 Å². The quantitative estimate of drug-likeness (QED) is 0.891. The van der Waals surface area contributed by atoms with E-state index in [9.17, 15) is 4.79 Å². The number of carbonyl (C=O) groups excluding carboxylic acids is 1. The smallest absolute Gasteiger partial charge is 0.221 e. The Morgan fingerprint density at radius 1 is 1.41 bits per heavy atom. The summed E-state index contributed by atoms with van der Waals surface area (Å²) in [7, 11) is 0. The average molecular weight is 345 g/mol. The fraction of sp³-hybridized carbons (Fsp3) is 0.562. The van der Waals surface area contributed by atoms with E-state index >= 15 is 0 Å². The van der Waals surface area contributed by atoms with Gasteiger partial charge in [0.05, 0.1) is 22.8 Å². The number of nitrogens with one attached hydrogen (secondary N) is 1. The van der Waals surface area contributed by atoms with Crippen molar-refractivity contribution in [1.82, 2.24) is 10.2 Å². The topological polar surface area (TPSA) is 41.6 Å². The average Bonchev–Trinajstić information content (AvgIpc) is 2.47. The van der Waals surface area contributed by atoms with Gasteiger partial charge in [-0.1, -0.05) is 29.3 Å². The molecule has 122 valence electrons. The predicted octanol–water partition coefficient (Wildman–Crippen LogP) is 3.28. The fourth-order valence-corrected chi connectivity index (χ4v) is 2.78. The van der Waals surface area contributed by atoms with E-state index in [-0.39, 0.29) is 18.1 Å². The summed E-state index contributed by atoms with van der Waals surface area (Å²) in [4.78, 5) is 14.0. The van der Waals surface area contributed by atoms with Crippen LogP contribution >= 0.6 is 23.2 Å². The molecule has 1 N–H and O–H groups in total. The molecule has 6 heteroatoms. The molecular formula is C16H22Cl2N2O2. The van der Waals surface area contributed by atoms with Crippen LogP contribution in [0.15, 0.2) is 18.2 Å². The second kappa shape index (κ2) is 8.16. The molecule has 1 heterocycles. The summed E-state index contributed by atoms with van der Waals surface area (Å²) < 4.78 is 5.82. The predicted molar refractivity (Wildman–Crippen MR) is 89.5 cm³/mol. The van der Waals surface area contributed by atoms with Crippen molar-refractivity contribution in [3.63, 3.8) is 0 Å². The van der Waals surface area contributed by atoms with Crippen molar-refractivity contribution < 1.29 is 9.53 Å². The first kappa shape index (κ1) is 17.5. The van der Waals surface area contributed by atoms with Crippen LogP contribution in [0.1, 0.15) is 31.9 Å². The molecule has 1 unspecified atom stereocenters. The molecule has 1 aliphatic heterocycles. The van der Waals surface area contributed by atoms with Gasteiger partial charge in [-0.15, -0.1) is 0 Å². The van der Waals surface area contributed by atoms with Crippen LogP contribution in [0, 0.1) is 0 Å². The second-order valence-electron chi connectivity index (χ2n) is 5.81. The largest absolute Gasteiger partial charge is 0.371 e. The standard InChI is InChI=1S/C16H22Cl2N2O2/c1-11(2)19-16(21)5-6-20-7-8-22-15(10-20)12-3-4-13(17)14(18)9-12/h3-4,9,11,15H,5-8,10H2,1-2H3,(H,19,21). The lowest BCUT2D eigenvalue weighted by molar-refractivity contribution is -0.122. The molecular weight excluding hydrogens is 323 g/mol. The molecule has 0 spiro atoms. The van der Waals surface area contributed by atoms with Gasteiger partial charge in [0.15, 0.2) is 0 Å². The third-order valence-corrected chi connectivity index (χ3v) is 4.31. The first-order chi connectivity index (χ1) is 10.5. The van der Waals surface area contributed by atoms with Crippen LogP contribution < -0.4 is 5.32 Å². The van der Waals surface area contributed by atoms with Gasteiger partial charge in [-0.25, -0.2) is 0 Å². The van der Waals surface area contributed by atoms with Gasteiger partial charge < -0.3 is 10.1 Å². The molecule has 0 radical (unpaired) electrons. The van der Waals surface area contributed by atoms with Gasteiger partial charge >= 0.3 is 0 Å². The normalized spacial score (nSPS) is 19.4. The van der Waals surface area contributed by atoms with Gasteiger partial charge in [0.2, 0.25) is 5.91 Å². The number of nitrogens with zero attached hydrogens (tertiary/aromatic N) is 1. The van der Waals surface area contributed by atoms with Crippen LogP contribution in [0.3, 0.4) is 0 Å². The Bertz CT molecular complexity index is 523. The molecule has 1 aliphatic rings. The number of halogens is 2. The van der Waals surface area contributed by atoms with Crippen LogP contribution in [-0.4, -0.2) is 43.1 Å². The number of carbonyl (C=O) groups is 1. The van der Waals surface area contributed by atoms with Crippen molar-refractivity contribution >= 4 is 29.1 Å². The van der Waals surface area contributed by atoms with Gasteiger partial charge in [0.25, 0.3) is 0 Å². The Labute approximate surface area is 141 Å². The Morgan fingerprint density at radius 3 is 2.86 bits per heavy atom. The highest BCUT2D eigenvalue weighted by molar-refractivity contribution is 6.42. The van der Waals surface area contributed by atoms with Crippen molar-refractivity contribution in [1.29, 1.82) is 0 Å². The van der Waals surface area contributed by atoms with Gasteiger partial charge in [-0.2, -0.15) is 0 Å². The molecule has 0 aromatic heterocycles. The number of hydrogen-bond donors (Lipinski definition) is 1. The summed E-state index contributed by atoms with van der Waals surface area (Å²) >= 11 is 12.0. The van der Waals surface area contributed by atoms with Crippen LogP contribution in [0.2, 0.25) is 10.0 Å². The molecule has 0 bridgehead atoms. The zero-order valence-electron chi connectivity index (χ0n) is 12.9. The van der Waals surface area contributed by atoms with Crippen molar-refractivity contribution in [3.8, 4) is 0 Å². The van der Waals surface area contributed by atoms with Crippen LogP contribution in [-0.2, 0) is 9.53 Å². The van der Waals surface area contributed by atoms with E-state index in [1.54, 1.807) is 6.07 Å². The maximum atomic E-state index is 11.7. The van der Waals surface area contributed by atoms with E-state index in [2.05, 4.69) is 10.2 Å². The number of morpholine rings is 1. The number of amides is 1. The third kappa shape index (κ3) is 5.13. The fourth-order valence-electron chi connectivity index (χ4n) is 2.47. The van der Waals surface area contributed by atoms with Crippen molar-refractivity contribution in [2.24, 2.45) is 0 Å². The Balaban J connectivity index is 1.88. The van der Waals surface area contributed by atoms with Gasteiger partial charge in [-0.3, -0.25) is 9.69 Å². The van der Waals surface area contributed by atoms with Gasteiger partial charge in [0, 0.05) is 32.1 Å². The number of ether oxygens (including phenoxy) is 1. The van der Waals surface area contributed by atoms with Gasteiger partial charge in [-0.05, 0) is 31.5 Å². The Hall–Kier alpha value is -0.810. The van der Waals surface area contributed by atoms with E-state index in [1.165, 1.54) is 0 Å². The third-order valence-electron chi connectivity index (χ3n) is 3.57. The summed E-state index contributed by atoms with van der Waals surface area (Å²) in [5.41, 5.74) is 1.02. The summed E-state index contributed by atoms with van der Waals surface area (Å²) in [5.74, 6) is 0.0904. The molecule has 1 saturated heterocycles. The van der Waals surface area contributed by atoms with Crippen molar-refractivity contribution in [3.05, 3.63) is 33.8 Å². The minimum atomic E-state index is -0.0309. The number of rotatable bonds is 5. The van der Waals surface area contributed by atoms with E-state index in [0.717, 1.165) is 25.2 Å². The highest BCUT2D eigenvalue weighted by Crippen LogP contribution is 2.29. The maximum absolute atomic E-state index is 11.7. The summed E-state index contributed by atoms with van der Waals surface area (Å²) in [5, 5.41) is 3.99. The van der Waals surface area contributed by atoms with E-state index in [1.807, 2.05) is 26.0 Å². The van der Waals surface area contributed by atoms with E-state index in [0.29, 0.717) is 23.1 Å². The van der Waals surface area contributed by atoms with Gasteiger partial charge in [0.1, 0.15) is 0 Å². The summed E-state index contributed by atoms with van der Waals surface area (Å²) in [6.45, 7) is 6.91. The lowest BCUT2D eigenvalue weighted by atomic mass is 10.1. The van der Waals surface area contributed by atoms with E-state index in [4.69, 9.17) is 27.9 Å². The van der Waals surface area contributed by atoms with Crippen molar-refractivity contribution in [2.45, 2.75) is 32.4 Å². The molecule has 1 aromatic carbocycles. The number of benzene rings is 1. The van der Waals surface area contributed by atoms with Crippen molar-refractivity contribution in [2.75, 3.05) is 26.2 Å². The molecule has 1 atom stereocenters. The molecule has 4 nitrogen and oxygen atoms in total. The molecule has 1 fully saturated rings. The number of hydrogen-bond acceptors (Lipinski definition) is 3. The Kier molecular flexibility index (Phi) is 6.50. The first-order valence-electron chi connectivity index (χ1n) is 7.54. The maximum Gasteiger partial charge on any atom is 0.221 e. The highest BCUT2D eigenvalue weighted by Gasteiger charge is 2.22. The summed E-state index contributed by atoms with van der Waals surface area (Å²) in [6.07, 6.45) is 0.475. The SMILES string of the molecule is CC(C)NC(=O)CCN1CCOC(c2ccc(Cl)c(Cl)c2)C1. The zero-order valence-corrected chi connectivity index (χ0v) is 14.5. The molecule has 2 rings (SSSR count). The zero-order chi connectivity index (χ0) is 16.1. The Morgan fingerprint density at radius 2 is 2.18 bits per heavy atom. The lowest BCUT2D eigenvalue weighted by Gasteiger charge is -2.33. The lowest BCUT2D eigenvalue weighted by Crippen LogP contribution is -2.41. The van der Waals surface area contributed by atoms with Crippen LogP contribution in [0.25, 0.3) is 0 Å². The highest BCUT2D eigenvalue weighted by atomic mass is 35.5. The molecule has 1 aromatic rings. The molecule has 0 saturated carbocycles. The minimum absolute atomic E-state index is 0.0309. The summed E-state index contributed by atoms with van der Waals surface area (Å²) in [6, 6.07) is 5.76.